The highest BCUT2D eigenvalue weighted by Crippen LogP contribution is 2.17. The maximum Gasteiger partial charge on any atom is 0.254 e. The van der Waals surface area contributed by atoms with Crippen LogP contribution in [0.3, 0.4) is 0 Å². The zero-order valence-corrected chi connectivity index (χ0v) is 11.5. The summed E-state index contributed by atoms with van der Waals surface area (Å²) in [7, 11) is 0. The van der Waals surface area contributed by atoms with Crippen LogP contribution in [0.5, 0.6) is 0 Å². The van der Waals surface area contributed by atoms with Crippen molar-refractivity contribution in [3.05, 3.63) is 34.6 Å². The number of carbonyl (C=O) groups excluding carboxylic acids is 1. The SMILES string of the molecule is O=C(NCCCCI)c1cccc(Cl)c1F. The van der Waals surface area contributed by atoms with Crippen molar-refractivity contribution in [1.29, 1.82) is 0 Å². The van der Waals surface area contributed by atoms with Gasteiger partial charge in [-0.25, -0.2) is 4.39 Å². The monoisotopic (exact) mass is 355 g/mol. The van der Waals surface area contributed by atoms with Crippen molar-refractivity contribution in [2.45, 2.75) is 12.8 Å². The van der Waals surface area contributed by atoms with Gasteiger partial charge in [0.2, 0.25) is 0 Å². The molecule has 1 rings (SSSR count). The lowest BCUT2D eigenvalue weighted by atomic mass is 10.2. The van der Waals surface area contributed by atoms with Crippen molar-refractivity contribution in [3.8, 4) is 0 Å². The molecule has 0 radical (unpaired) electrons. The predicted molar refractivity (Wildman–Crippen MR) is 71.9 cm³/mol. The molecule has 1 amide bonds. The fraction of sp³-hybridized carbons (Fsp3) is 0.364. The summed E-state index contributed by atoms with van der Waals surface area (Å²) < 4.78 is 14.5. The second-order valence-corrected chi connectivity index (χ2v) is 4.74. The highest BCUT2D eigenvalue weighted by atomic mass is 127. The Morgan fingerprint density at radius 1 is 1.44 bits per heavy atom. The summed E-state index contributed by atoms with van der Waals surface area (Å²) in [5.41, 5.74) is 0.00183. The molecule has 0 aliphatic carbocycles. The molecule has 0 fully saturated rings. The molecule has 88 valence electrons. The van der Waals surface area contributed by atoms with Crippen LogP contribution in [0.4, 0.5) is 4.39 Å². The molecule has 0 unspecified atom stereocenters. The van der Waals surface area contributed by atoms with Gasteiger partial charge in [0.1, 0.15) is 0 Å². The number of nitrogens with one attached hydrogen (secondary N) is 1. The summed E-state index contributed by atoms with van der Waals surface area (Å²) in [4.78, 5) is 11.6. The van der Waals surface area contributed by atoms with E-state index in [1.165, 1.54) is 12.1 Å². The van der Waals surface area contributed by atoms with E-state index in [1.807, 2.05) is 0 Å². The molecule has 0 saturated carbocycles. The number of rotatable bonds is 5. The van der Waals surface area contributed by atoms with Gasteiger partial charge in [-0.05, 0) is 29.4 Å². The number of halogens is 3. The second-order valence-electron chi connectivity index (χ2n) is 3.25. The summed E-state index contributed by atoms with van der Waals surface area (Å²) in [6.45, 7) is 0.563. The minimum Gasteiger partial charge on any atom is -0.352 e. The van der Waals surface area contributed by atoms with E-state index in [2.05, 4.69) is 27.9 Å². The van der Waals surface area contributed by atoms with Crippen LogP contribution in [0, 0.1) is 5.82 Å². The number of amides is 1. The maximum absolute atomic E-state index is 13.4. The third-order valence-corrected chi connectivity index (χ3v) is 3.10. The molecule has 2 nitrogen and oxygen atoms in total. The molecule has 16 heavy (non-hydrogen) atoms. The highest BCUT2D eigenvalue weighted by Gasteiger charge is 2.12. The Morgan fingerprint density at radius 2 is 2.19 bits per heavy atom. The van der Waals surface area contributed by atoms with E-state index in [4.69, 9.17) is 11.6 Å². The smallest absolute Gasteiger partial charge is 0.254 e. The maximum atomic E-state index is 13.4. The summed E-state index contributed by atoms with van der Waals surface area (Å²) >= 11 is 7.86. The van der Waals surface area contributed by atoms with Crippen LogP contribution in [0.1, 0.15) is 23.2 Å². The minimum atomic E-state index is -0.657. The Kier molecular flexibility index (Phi) is 6.05. The Bertz CT molecular complexity index is 373. The Labute approximate surface area is 113 Å². The molecular weight excluding hydrogens is 343 g/mol. The van der Waals surface area contributed by atoms with E-state index in [1.54, 1.807) is 6.07 Å². The van der Waals surface area contributed by atoms with Crippen molar-refractivity contribution in [3.63, 3.8) is 0 Å². The topological polar surface area (TPSA) is 29.1 Å². The Balaban J connectivity index is 2.56. The van der Waals surface area contributed by atoms with E-state index < -0.39 is 11.7 Å². The second kappa shape index (κ2) is 7.06. The van der Waals surface area contributed by atoms with E-state index in [9.17, 15) is 9.18 Å². The van der Waals surface area contributed by atoms with Crippen LogP contribution in [0.25, 0.3) is 0 Å². The average molecular weight is 356 g/mol. The number of hydrogen-bond donors (Lipinski definition) is 1. The molecule has 0 spiro atoms. The normalized spacial score (nSPS) is 10.2. The first-order valence-electron chi connectivity index (χ1n) is 4.95. The first kappa shape index (κ1) is 13.7. The molecule has 0 heterocycles. The zero-order valence-electron chi connectivity index (χ0n) is 8.60. The third-order valence-electron chi connectivity index (χ3n) is 2.04. The van der Waals surface area contributed by atoms with Gasteiger partial charge in [-0.2, -0.15) is 0 Å². The quantitative estimate of drug-likeness (QED) is 0.489. The number of benzene rings is 1. The van der Waals surface area contributed by atoms with Gasteiger partial charge in [-0.15, -0.1) is 0 Å². The van der Waals surface area contributed by atoms with Crippen LogP contribution >= 0.6 is 34.2 Å². The largest absolute Gasteiger partial charge is 0.352 e. The van der Waals surface area contributed by atoms with E-state index in [0.29, 0.717) is 6.54 Å². The van der Waals surface area contributed by atoms with Crippen LogP contribution in [0.2, 0.25) is 5.02 Å². The molecule has 0 aliphatic rings. The van der Waals surface area contributed by atoms with Crippen LogP contribution in [-0.4, -0.2) is 16.9 Å². The summed E-state index contributed by atoms with van der Waals surface area (Å²) in [5, 5.41) is 2.63. The summed E-state index contributed by atoms with van der Waals surface area (Å²) in [6, 6.07) is 4.41. The molecule has 0 atom stereocenters. The number of unbranched alkanes of at least 4 members (excludes halogenated alkanes) is 1. The first-order chi connectivity index (χ1) is 7.66. The fourth-order valence-electron chi connectivity index (χ4n) is 1.20. The Morgan fingerprint density at radius 3 is 2.88 bits per heavy atom. The standard InChI is InChI=1S/C11H12ClFINO/c12-9-5-3-4-8(10(9)13)11(16)15-7-2-1-6-14/h3-5H,1-2,6-7H2,(H,15,16). The molecular formula is C11H12ClFINO. The number of alkyl halides is 1. The highest BCUT2D eigenvalue weighted by molar-refractivity contribution is 14.1. The van der Waals surface area contributed by atoms with Gasteiger partial charge in [-0.3, -0.25) is 4.79 Å². The fourth-order valence-corrected chi connectivity index (χ4v) is 1.91. The zero-order chi connectivity index (χ0) is 12.0. The molecule has 1 N–H and O–H groups in total. The van der Waals surface area contributed by atoms with E-state index in [0.717, 1.165) is 17.3 Å². The van der Waals surface area contributed by atoms with Gasteiger partial charge in [0, 0.05) is 6.54 Å². The summed E-state index contributed by atoms with van der Waals surface area (Å²) in [6.07, 6.45) is 1.94. The van der Waals surface area contributed by atoms with Crippen molar-refractivity contribution in [2.24, 2.45) is 0 Å². The third kappa shape index (κ3) is 3.90. The van der Waals surface area contributed by atoms with E-state index >= 15 is 0 Å². The van der Waals surface area contributed by atoms with Gasteiger partial charge in [0.05, 0.1) is 10.6 Å². The average Bonchev–Trinajstić information content (AvgIpc) is 2.28. The Hall–Kier alpha value is -0.360. The molecule has 1 aromatic carbocycles. The van der Waals surface area contributed by atoms with Crippen LogP contribution in [-0.2, 0) is 0 Å². The molecule has 0 aliphatic heterocycles. The lowest BCUT2D eigenvalue weighted by molar-refractivity contribution is 0.0949. The van der Waals surface area contributed by atoms with E-state index in [-0.39, 0.29) is 10.6 Å². The molecule has 0 aromatic heterocycles. The van der Waals surface area contributed by atoms with Crippen LogP contribution < -0.4 is 5.32 Å². The van der Waals surface area contributed by atoms with Gasteiger partial charge in [0.25, 0.3) is 5.91 Å². The van der Waals surface area contributed by atoms with Crippen LogP contribution in [0.15, 0.2) is 18.2 Å². The van der Waals surface area contributed by atoms with Gasteiger partial charge in [-0.1, -0.05) is 40.3 Å². The lowest BCUT2D eigenvalue weighted by Gasteiger charge is -2.06. The predicted octanol–water partition coefficient (Wildman–Crippen LogP) is 3.42. The van der Waals surface area contributed by atoms with Crippen molar-refractivity contribution < 1.29 is 9.18 Å². The number of hydrogen-bond acceptors (Lipinski definition) is 1. The van der Waals surface area contributed by atoms with Gasteiger partial charge < -0.3 is 5.32 Å². The van der Waals surface area contributed by atoms with Gasteiger partial charge >= 0.3 is 0 Å². The molecule has 1 aromatic rings. The van der Waals surface area contributed by atoms with Crippen molar-refractivity contribution in [2.75, 3.05) is 11.0 Å². The first-order valence-corrected chi connectivity index (χ1v) is 6.85. The lowest BCUT2D eigenvalue weighted by Crippen LogP contribution is -2.25. The van der Waals surface area contributed by atoms with Gasteiger partial charge in [0.15, 0.2) is 5.82 Å². The molecule has 5 heteroatoms. The molecule has 0 saturated heterocycles. The summed E-state index contributed by atoms with van der Waals surface area (Å²) in [5.74, 6) is -1.07. The van der Waals surface area contributed by atoms with Crippen molar-refractivity contribution >= 4 is 40.1 Å². The molecule has 0 bridgehead atoms. The number of carbonyl (C=O) groups is 1. The van der Waals surface area contributed by atoms with Crippen molar-refractivity contribution in [1.82, 2.24) is 5.32 Å². The minimum absolute atomic E-state index is 0.00183.